The summed E-state index contributed by atoms with van der Waals surface area (Å²) in [5.41, 5.74) is 3.52. The van der Waals surface area contributed by atoms with Crippen LogP contribution in [0.1, 0.15) is 69.3 Å². The molecule has 0 radical (unpaired) electrons. The van der Waals surface area contributed by atoms with Gasteiger partial charge in [-0.1, -0.05) is 11.6 Å². The minimum Gasteiger partial charge on any atom is -0.373 e. The van der Waals surface area contributed by atoms with Gasteiger partial charge < -0.3 is 4.74 Å². The van der Waals surface area contributed by atoms with Crippen LogP contribution in [-0.2, 0) is 4.74 Å². The first-order valence-electron chi connectivity index (χ1n) is 12.4. The second-order valence-corrected chi connectivity index (χ2v) is 9.43. The smallest absolute Gasteiger partial charge is 0.182 e. The average molecular weight is 481 g/mol. The molecule has 7 nitrogen and oxygen atoms in total. The van der Waals surface area contributed by atoms with Crippen LogP contribution in [0.5, 0.6) is 0 Å². The van der Waals surface area contributed by atoms with Crippen molar-refractivity contribution in [3.63, 3.8) is 0 Å². The fourth-order valence-electron chi connectivity index (χ4n) is 4.28. The molecule has 1 aliphatic heterocycles. The third-order valence-electron chi connectivity index (χ3n) is 6.48. The summed E-state index contributed by atoms with van der Waals surface area (Å²) in [5.74, 6) is -0.526. The summed E-state index contributed by atoms with van der Waals surface area (Å²) in [6.07, 6.45) is 5.90. The minimum absolute atomic E-state index is 0.0621. The fraction of sp³-hybridized carbons (Fsp3) is 0.400. The maximum Gasteiger partial charge on any atom is 0.182 e. The Kier molecular flexibility index (Phi) is 4.76. The van der Waals surface area contributed by atoms with Crippen molar-refractivity contribution in [2.75, 3.05) is 6.56 Å². The Morgan fingerprint density at radius 1 is 1.12 bits per heavy atom. The molecule has 0 spiro atoms. The van der Waals surface area contributed by atoms with Gasteiger partial charge in [0.1, 0.15) is 22.9 Å². The molecule has 6 rings (SSSR count). The van der Waals surface area contributed by atoms with Gasteiger partial charge >= 0.3 is 0 Å². The first kappa shape index (κ1) is 19.3. The van der Waals surface area contributed by atoms with Crippen molar-refractivity contribution in [2.45, 2.75) is 57.6 Å². The number of rotatable bonds is 4. The lowest BCUT2D eigenvalue weighted by molar-refractivity contribution is 0.00396. The number of aryl methyl sites for hydroxylation is 2. The van der Waals surface area contributed by atoms with Crippen molar-refractivity contribution in [3.8, 4) is 11.3 Å². The Morgan fingerprint density at radius 3 is 2.74 bits per heavy atom. The highest BCUT2D eigenvalue weighted by Gasteiger charge is 2.31. The summed E-state index contributed by atoms with van der Waals surface area (Å²) in [6.45, 7) is 1.78. The fourth-order valence-corrected chi connectivity index (χ4v) is 4.44. The van der Waals surface area contributed by atoms with Gasteiger partial charge in [0.25, 0.3) is 0 Å². The van der Waals surface area contributed by atoms with Crippen LogP contribution in [0.3, 0.4) is 0 Å². The van der Waals surface area contributed by atoms with Crippen molar-refractivity contribution in [1.29, 1.82) is 0 Å². The maximum atomic E-state index is 15.0. The lowest BCUT2D eigenvalue weighted by Gasteiger charge is -2.28. The van der Waals surface area contributed by atoms with Crippen LogP contribution in [0.25, 0.3) is 22.4 Å². The van der Waals surface area contributed by atoms with Crippen molar-refractivity contribution < 1.29 is 11.9 Å². The Morgan fingerprint density at radius 2 is 1.94 bits per heavy atom. The molecule has 1 aromatic carbocycles. The van der Waals surface area contributed by atoms with Gasteiger partial charge in [-0.05, 0) is 57.7 Å². The van der Waals surface area contributed by atoms with Gasteiger partial charge in [0.05, 0.1) is 32.5 Å². The van der Waals surface area contributed by atoms with Crippen LogP contribution in [0, 0.1) is 19.7 Å². The van der Waals surface area contributed by atoms with Crippen molar-refractivity contribution in [3.05, 3.63) is 64.2 Å². The highest BCUT2D eigenvalue weighted by Crippen LogP contribution is 2.40. The number of hydrogen-bond donors (Lipinski definition) is 0. The Balaban J connectivity index is 1.45. The monoisotopic (exact) mass is 480 g/mol. The Labute approximate surface area is 204 Å². The Bertz CT molecular complexity index is 1490. The molecule has 0 unspecified atom stereocenters. The van der Waals surface area contributed by atoms with E-state index in [0.29, 0.717) is 46.5 Å². The normalized spacial score (nSPS) is 23.1. The van der Waals surface area contributed by atoms with Crippen molar-refractivity contribution >= 4 is 22.8 Å². The van der Waals surface area contributed by atoms with Crippen LogP contribution >= 0.6 is 11.6 Å². The zero-order valence-electron chi connectivity index (χ0n) is 20.8. The molecule has 2 fully saturated rings. The molecule has 9 heteroatoms. The number of hydrogen-bond acceptors (Lipinski definition) is 6. The van der Waals surface area contributed by atoms with Crippen LogP contribution in [-0.4, -0.2) is 36.3 Å². The van der Waals surface area contributed by atoms with Crippen LogP contribution in [0.4, 0.5) is 4.39 Å². The second kappa shape index (κ2) is 8.36. The highest BCUT2D eigenvalue weighted by molar-refractivity contribution is 6.30. The van der Waals surface area contributed by atoms with Gasteiger partial charge in [0, 0.05) is 34.8 Å². The topological polar surface area (TPSA) is 78.6 Å². The van der Waals surface area contributed by atoms with Gasteiger partial charge in [-0.15, -0.1) is 0 Å². The molecule has 1 saturated carbocycles. The van der Waals surface area contributed by atoms with Crippen molar-refractivity contribution in [1.82, 2.24) is 29.7 Å². The average Bonchev–Trinajstić information content (AvgIpc) is 3.55. The third-order valence-corrected chi connectivity index (χ3v) is 6.71. The molecular weight excluding hydrogens is 455 g/mol. The number of ether oxygens (including phenoxy) is 1. The summed E-state index contributed by atoms with van der Waals surface area (Å²) < 4.78 is 39.7. The minimum atomic E-state index is -1.89. The van der Waals surface area contributed by atoms with E-state index in [4.69, 9.17) is 29.0 Å². The van der Waals surface area contributed by atoms with E-state index >= 15 is 4.39 Å². The molecule has 174 valence electrons. The number of halogens is 2. The van der Waals surface area contributed by atoms with Gasteiger partial charge in [-0.3, -0.25) is 4.68 Å². The first-order valence-corrected chi connectivity index (χ1v) is 11.7. The lowest BCUT2D eigenvalue weighted by Crippen LogP contribution is -2.20. The zero-order valence-corrected chi connectivity index (χ0v) is 19.6. The van der Waals surface area contributed by atoms with E-state index in [1.54, 1.807) is 18.3 Å². The van der Waals surface area contributed by atoms with E-state index in [2.05, 4.69) is 15.1 Å². The van der Waals surface area contributed by atoms with E-state index in [0.717, 1.165) is 18.4 Å². The summed E-state index contributed by atoms with van der Waals surface area (Å²) in [7, 11) is 0. The number of aromatic nitrogens is 6. The molecule has 3 aromatic heterocycles. The van der Waals surface area contributed by atoms with Crippen LogP contribution in [0.2, 0.25) is 5.02 Å². The molecule has 4 heterocycles. The first-order chi connectivity index (χ1) is 17.2. The predicted molar refractivity (Wildman–Crippen MR) is 126 cm³/mol. The Hall–Kier alpha value is -2.97. The maximum absolute atomic E-state index is 15.0. The molecule has 1 saturated heterocycles. The molecule has 1 aliphatic carbocycles. The van der Waals surface area contributed by atoms with E-state index in [1.165, 1.54) is 6.07 Å². The summed E-state index contributed by atoms with van der Waals surface area (Å²) in [4.78, 5) is 18.7. The van der Waals surface area contributed by atoms with Gasteiger partial charge in [-0.25, -0.2) is 24.3 Å². The number of fused-ring (bicyclic) bond motifs is 1. The summed E-state index contributed by atoms with van der Waals surface area (Å²) >= 11 is 5.99. The number of nitrogens with zero attached hydrogens (tertiary/aromatic N) is 6. The summed E-state index contributed by atoms with van der Waals surface area (Å²) in [5, 5.41) is 4.72. The zero-order chi connectivity index (χ0) is 25.2. The van der Waals surface area contributed by atoms with Gasteiger partial charge in [-0.2, -0.15) is 5.10 Å². The van der Waals surface area contributed by atoms with E-state index in [-0.39, 0.29) is 22.9 Å². The molecule has 2 aliphatic rings. The second-order valence-electron chi connectivity index (χ2n) is 8.99. The van der Waals surface area contributed by atoms with Crippen LogP contribution < -0.4 is 0 Å². The van der Waals surface area contributed by atoms with E-state index in [1.807, 2.05) is 24.7 Å². The molecule has 34 heavy (non-hydrogen) atoms. The summed E-state index contributed by atoms with van der Waals surface area (Å²) in [6, 6.07) is 4.82. The van der Waals surface area contributed by atoms with E-state index < -0.39 is 18.5 Å². The molecule has 4 aromatic rings. The predicted octanol–water partition coefficient (Wildman–Crippen LogP) is 5.66. The van der Waals surface area contributed by atoms with Gasteiger partial charge in [0.15, 0.2) is 5.65 Å². The quantitative estimate of drug-likeness (QED) is 0.375. The molecular formula is C25H24ClFN6O. The third kappa shape index (κ3) is 3.95. The van der Waals surface area contributed by atoms with E-state index in [9.17, 15) is 0 Å². The highest BCUT2D eigenvalue weighted by atomic mass is 35.5. The lowest BCUT2D eigenvalue weighted by atomic mass is 9.92. The SMILES string of the molecule is [2H]C1([2H])C[C@H](c2nc(-c3ccc(Cl)cc3F)c3nc(C)c(C)nc3n2)C[C@@H](c2cnn(C3CC3)c2)O1. The molecule has 0 N–H and O–H groups in total. The van der Waals surface area contributed by atoms with Crippen LogP contribution in [0.15, 0.2) is 30.6 Å². The van der Waals surface area contributed by atoms with Crippen molar-refractivity contribution in [2.24, 2.45) is 0 Å². The van der Waals surface area contributed by atoms with Gasteiger partial charge in [0.2, 0.25) is 0 Å². The molecule has 0 amide bonds. The standard InChI is InChI=1S/C25H24ClFN6O/c1-13-14(2)30-25-23(29-13)22(19-6-3-17(26)10-20(19)27)31-24(32-25)15-7-8-34-21(9-15)16-11-28-33(12-16)18-4-5-18/h3,6,10-12,15,18,21H,4-5,7-9H2,1-2H3/t15-,21-/m0/s1/i8D2. The molecule has 2 atom stereocenters. The largest absolute Gasteiger partial charge is 0.373 e. The molecule has 0 bridgehead atoms. The number of benzene rings is 1.